The number of aromatic nitrogens is 2. The minimum atomic E-state index is -0.151. The average molecular weight is 451 g/mol. The molecule has 3 aromatic rings. The summed E-state index contributed by atoms with van der Waals surface area (Å²) in [6.07, 6.45) is 1.24. The number of rotatable bonds is 8. The van der Waals surface area contributed by atoms with Gasteiger partial charge in [-0.15, -0.1) is 0 Å². The van der Waals surface area contributed by atoms with Crippen molar-refractivity contribution in [1.82, 2.24) is 15.0 Å². The van der Waals surface area contributed by atoms with E-state index in [-0.39, 0.29) is 18.6 Å². The van der Waals surface area contributed by atoms with Gasteiger partial charge in [-0.05, 0) is 42.3 Å². The highest BCUT2D eigenvalue weighted by Gasteiger charge is 2.34. The smallest absolute Gasteiger partial charge is 0.232 e. The summed E-state index contributed by atoms with van der Waals surface area (Å²) in [5.41, 5.74) is 1.74. The van der Waals surface area contributed by atoms with Gasteiger partial charge in [0.1, 0.15) is 0 Å². The molecule has 0 saturated carbocycles. The summed E-state index contributed by atoms with van der Waals surface area (Å²) in [6.45, 7) is 3.89. The first-order valence-electron chi connectivity index (χ1n) is 11.0. The van der Waals surface area contributed by atoms with Crippen LogP contribution in [0.4, 0.5) is 0 Å². The molecule has 0 aliphatic carbocycles. The quantitative estimate of drug-likeness (QED) is 0.511. The molecule has 1 fully saturated rings. The second-order valence-electron chi connectivity index (χ2n) is 8.03. The van der Waals surface area contributed by atoms with E-state index in [1.54, 1.807) is 12.0 Å². The van der Waals surface area contributed by atoms with Crippen LogP contribution in [0.25, 0.3) is 11.4 Å². The number of fused-ring (bicyclic) bond motifs is 1. The fourth-order valence-electron chi connectivity index (χ4n) is 4.01. The lowest BCUT2D eigenvalue weighted by Crippen LogP contribution is -2.24. The zero-order valence-electron chi connectivity index (χ0n) is 18.6. The number of likely N-dealkylation sites (tertiary alicyclic amines) is 1. The van der Waals surface area contributed by atoms with Crippen molar-refractivity contribution < 1.29 is 28.3 Å². The number of carbonyl (C=O) groups excluding carboxylic acids is 1. The second-order valence-corrected chi connectivity index (χ2v) is 8.03. The summed E-state index contributed by atoms with van der Waals surface area (Å²) in [5.74, 6) is 3.52. The van der Waals surface area contributed by atoms with E-state index in [1.807, 2.05) is 43.3 Å². The molecule has 172 valence electrons. The van der Waals surface area contributed by atoms with E-state index < -0.39 is 0 Å². The van der Waals surface area contributed by atoms with Crippen LogP contribution in [-0.2, 0) is 11.3 Å². The van der Waals surface area contributed by atoms with Crippen LogP contribution in [0.15, 0.2) is 40.9 Å². The van der Waals surface area contributed by atoms with Gasteiger partial charge in [0, 0.05) is 25.1 Å². The molecule has 1 amide bonds. The number of nitrogens with zero attached hydrogens (tertiary/aromatic N) is 3. The van der Waals surface area contributed by atoms with Crippen molar-refractivity contribution in [2.24, 2.45) is 0 Å². The molecule has 1 unspecified atom stereocenters. The summed E-state index contributed by atoms with van der Waals surface area (Å²) < 4.78 is 27.5. The van der Waals surface area contributed by atoms with E-state index in [9.17, 15) is 4.79 Å². The van der Waals surface area contributed by atoms with Crippen molar-refractivity contribution in [3.05, 3.63) is 47.9 Å². The van der Waals surface area contributed by atoms with Crippen LogP contribution in [0.5, 0.6) is 23.0 Å². The number of hydrogen-bond acceptors (Lipinski definition) is 8. The molecule has 0 N–H and O–H groups in total. The first-order chi connectivity index (χ1) is 16.1. The Hall–Kier alpha value is -3.75. The highest BCUT2D eigenvalue weighted by Crippen LogP contribution is 2.35. The number of methoxy groups -OCH3 is 1. The van der Waals surface area contributed by atoms with Crippen LogP contribution in [0.1, 0.15) is 37.1 Å². The molecule has 2 aliphatic rings. The average Bonchev–Trinajstić information content (AvgIpc) is 3.57. The number of carbonyl (C=O) groups is 1. The predicted octanol–water partition coefficient (Wildman–Crippen LogP) is 3.78. The van der Waals surface area contributed by atoms with Gasteiger partial charge in [0.15, 0.2) is 23.0 Å². The molecule has 0 spiro atoms. The topological polar surface area (TPSA) is 96.2 Å². The van der Waals surface area contributed by atoms with Crippen LogP contribution in [0, 0.1) is 0 Å². The van der Waals surface area contributed by atoms with Gasteiger partial charge in [-0.25, -0.2) is 0 Å². The van der Waals surface area contributed by atoms with E-state index in [1.165, 1.54) is 0 Å². The third kappa shape index (κ3) is 4.30. The van der Waals surface area contributed by atoms with Crippen molar-refractivity contribution in [3.8, 4) is 34.4 Å². The normalized spacial score (nSPS) is 17.0. The van der Waals surface area contributed by atoms with Gasteiger partial charge in [-0.3, -0.25) is 4.79 Å². The third-order valence-electron chi connectivity index (χ3n) is 5.70. The zero-order valence-corrected chi connectivity index (χ0v) is 18.6. The highest BCUT2D eigenvalue weighted by atomic mass is 16.7. The standard InChI is InChI=1S/C24H25N3O6/c1-3-8-30-18-7-5-16(10-20(18)29-2)23-25-24(33-26-23)17-11-22(28)27(13-17)12-15-4-6-19-21(9-15)32-14-31-19/h4-7,9-10,17H,3,8,11-14H2,1-2H3. The summed E-state index contributed by atoms with van der Waals surface area (Å²) in [4.78, 5) is 19.0. The second kappa shape index (κ2) is 9.01. The summed E-state index contributed by atoms with van der Waals surface area (Å²) in [7, 11) is 1.60. The number of ether oxygens (including phenoxy) is 4. The maximum Gasteiger partial charge on any atom is 0.232 e. The van der Waals surface area contributed by atoms with Crippen molar-refractivity contribution in [2.75, 3.05) is 27.1 Å². The molecule has 0 radical (unpaired) electrons. The van der Waals surface area contributed by atoms with Gasteiger partial charge in [0.05, 0.1) is 19.6 Å². The molecule has 1 saturated heterocycles. The van der Waals surface area contributed by atoms with Crippen molar-refractivity contribution >= 4 is 5.91 Å². The van der Waals surface area contributed by atoms with Crippen LogP contribution in [0.3, 0.4) is 0 Å². The minimum Gasteiger partial charge on any atom is -0.493 e. The van der Waals surface area contributed by atoms with Gasteiger partial charge in [-0.1, -0.05) is 18.1 Å². The molecule has 2 aliphatic heterocycles. The van der Waals surface area contributed by atoms with Crippen LogP contribution >= 0.6 is 0 Å². The Kier molecular flexibility index (Phi) is 5.77. The van der Waals surface area contributed by atoms with Crippen LogP contribution in [0.2, 0.25) is 0 Å². The molecule has 1 atom stereocenters. The van der Waals surface area contributed by atoms with E-state index in [0.717, 1.165) is 23.3 Å². The Morgan fingerprint density at radius 2 is 2.00 bits per heavy atom. The zero-order chi connectivity index (χ0) is 22.8. The SMILES string of the molecule is CCCOc1ccc(-c2noc(C3CC(=O)N(Cc4ccc5c(c4)OCO5)C3)n2)cc1OC. The summed E-state index contributed by atoms with van der Waals surface area (Å²) in [5, 5.41) is 4.13. The fourth-order valence-corrected chi connectivity index (χ4v) is 4.01. The molecular formula is C24H25N3O6. The van der Waals surface area contributed by atoms with E-state index in [0.29, 0.717) is 55.1 Å². The Morgan fingerprint density at radius 1 is 1.12 bits per heavy atom. The third-order valence-corrected chi connectivity index (χ3v) is 5.70. The Labute approximate surface area is 191 Å². The van der Waals surface area contributed by atoms with Gasteiger partial charge in [-0.2, -0.15) is 4.98 Å². The van der Waals surface area contributed by atoms with Gasteiger partial charge >= 0.3 is 0 Å². The maximum absolute atomic E-state index is 12.6. The van der Waals surface area contributed by atoms with Crippen LogP contribution < -0.4 is 18.9 Å². The van der Waals surface area contributed by atoms with Crippen molar-refractivity contribution in [1.29, 1.82) is 0 Å². The largest absolute Gasteiger partial charge is 0.493 e. The van der Waals surface area contributed by atoms with Gasteiger partial charge in [0.2, 0.25) is 24.4 Å². The molecule has 3 heterocycles. The molecule has 2 aromatic carbocycles. The first kappa shape index (κ1) is 21.1. The molecule has 9 nitrogen and oxygen atoms in total. The van der Waals surface area contributed by atoms with Crippen molar-refractivity contribution in [3.63, 3.8) is 0 Å². The molecule has 9 heteroatoms. The maximum atomic E-state index is 12.6. The lowest BCUT2D eigenvalue weighted by Gasteiger charge is -2.16. The molecule has 33 heavy (non-hydrogen) atoms. The number of benzene rings is 2. The highest BCUT2D eigenvalue weighted by molar-refractivity contribution is 5.79. The minimum absolute atomic E-state index is 0.0523. The summed E-state index contributed by atoms with van der Waals surface area (Å²) >= 11 is 0. The van der Waals surface area contributed by atoms with E-state index >= 15 is 0 Å². The number of hydrogen-bond donors (Lipinski definition) is 0. The summed E-state index contributed by atoms with van der Waals surface area (Å²) in [6, 6.07) is 11.3. The lowest BCUT2D eigenvalue weighted by molar-refractivity contribution is -0.128. The van der Waals surface area contributed by atoms with Crippen molar-refractivity contribution in [2.45, 2.75) is 32.2 Å². The van der Waals surface area contributed by atoms with E-state index in [2.05, 4.69) is 10.1 Å². The monoisotopic (exact) mass is 451 g/mol. The van der Waals surface area contributed by atoms with Gasteiger partial charge in [0.25, 0.3) is 0 Å². The predicted molar refractivity (Wildman–Crippen MR) is 117 cm³/mol. The number of amides is 1. The first-order valence-corrected chi connectivity index (χ1v) is 11.0. The Balaban J connectivity index is 1.28. The molecule has 1 aromatic heterocycles. The molecule has 0 bridgehead atoms. The fraction of sp³-hybridized carbons (Fsp3) is 0.375. The molecule has 5 rings (SSSR count). The van der Waals surface area contributed by atoms with Crippen LogP contribution in [-0.4, -0.2) is 48.0 Å². The van der Waals surface area contributed by atoms with E-state index in [4.69, 9.17) is 23.5 Å². The Morgan fingerprint density at radius 3 is 2.85 bits per heavy atom. The van der Waals surface area contributed by atoms with Gasteiger partial charge < -0.3 is 28.4 Å². The Bertz CT molecular complexity index is 1160. The lowest BCUT2D eigenvalue weighted by atomic mass is 10.1. The molecular weight excluding hydrogens is 426 g/mol.